The summed E-state index contributed by atoms with van der Waals surface area (Å²) in [6.07, 6.45) is 0. The number of benzene rings is 2. The van der Waals surface area contributed by atoms with Crippen LogP contribution in [0.15, 0.2) is 42.5 Å². The van der Waals surface area contributed by atoms with Gasteiger partial charge in [0.15, 0.2) is 0 Å². The second-order valence-electron chi connectivity index (χ2n) is 4.34. The maximum atomic E-state index is 11.1. The van der Waals surface area contributed by atoms with E-state index in [9.17, 15) is 14.9 Å². The van der Waals surface area contributed by atoms with Gasteiger partial charge in [-0.2, -0.15) is 0 Å². The van der Waals surface area contributed by atoms with Gasteiger partial charge in [-0.05, 0) is 23.8 Å². The summed E-state index contributed by atoms with van der Waals surface area (Å²) < 4.78 is 0. The molecule has 0 radical (unpaired) electrons. The van der Waals surface area contributed by atoms with Gasteiger partial charge in [0.1, 0.15) is 0 Å². The first-order valence-electron chi connectivity index (χ1n) is 6.04. The lowest BCUT2D eigenvalue weighted by atomic mass is 10.1. The van der Waals surface area contributed by atoms with Gasteiger partial charge in [-0.3, -0.25) is 14.9 Å². The Hall–Kier alpha value is -2.60. The fourth-order valence-electron chi connectivity index (χ4n) is 1.79. The molecule has 0 spiro atoms. The summed E-state index contributed by atoms with van der Waals surface area (Å²) in [5, 5.41) is 14.1. The number of non-ortho nitro benzene ring substituents is 1. The molecule has 0 aromatic heterocycles. The lowest BCUT2D eigenvalue weighted by Gasteiger charge is -2.09. The molecule has 0 heterocycles. The van der Waals surface area contributed by atoms with Crippen LogP contribution in [-0.4, -0.2) is 10.8 Å². The van der Waals surface area contributed by atoms with Crippen molar-refractivity contribution in [3.05, 3.63) is 68.7 Å². The van der Waals surface area contributed by atoms with Crippen molar-refractivity contribution in [2.45, 2.75) is 6.54 Å². The van der Waals surface area contributed by atoms with Gasteiger partial charge in [0, 0.05) is 24.2 Å². The third kappa shape index (κ3) is 3.70. The van der Waals surface area contributed by atoms with E-state index in [4.69, 9.17) is 17.3 Å². The van der Waals surface area contributed by atoms with Crippen molar-refractivity contribution < 1.29 is 9.72 Å². The summed E-state index contributed by atoms with van der Waals surface area (Å²) in [6, 6.07) is 11.0. The number of anilines is 1. The molecule has 21 heavy (non-hydrogen) atoms. The predicted molar refractivity (Wildman–Crippen MR) is 80.4 cm³/mol. The molecule has 7 heteroatoms. The average Bonchev–Trinajstić information content (AvgIpc) is 2.46. The summed E-state index contributed by atoms with van der Waals surface area (Å²) in [5.41, 5.74) is 6.83. The molecule has 1 amide bonds. The third-order valence-electron chi connectivity index (χ3n) is 2.86. The van der Waals surface area contributed by atoms with E-state index in [0.717, 1.165) is 5.56 Å². The first kappa shape index (κ1) is 14.8. The minimum Gasteiger partial charge on any atom is -0.380 e. The zero-order chi connectivity index (χ0) is 15.4. The van der Waals surface area contributed by atoms with Crippen LogP contribution < -0.4 is 11.1 Å². The second-order valence-corrected chi connectivity index (χ2v) is 4.75. The molecular formula is C14H12ClN3O3. The number of carbonyl (C=O) groups is 1. The molecule has 2 aromatic carbocycles. The summed E-state index contributed by atoms with van der Waals surface area (Å²) in [4.78, 5) is 21.4. The third-order valence-corrected chi connectivity index (χ3v) is 3.18. The number of nitrogens with two attached hydrogens (primary N) is 1. The van der Waals surface area contributed by atoms with E-state index < -0.39 is 10.8 Å². The monoisotopic (exact) mass is 305 g/mol. The Labute approximate surface area is 125 Å². The number of rotatable bonds is 5. The molecule has 0 saturated carbocycles. The van der Waals surface area contributed by atoms with Gasteiger partial charge >= 0.3 is 0 Å². The molecule has 0 aliphatic rings. The smallest absolute Gasteiger partial charge is 0.271 e. The summed E-state index contributed by atoms with van der Waals surface area (Å²) in [6.45, 7) is 0.363. The molecule has 0 fully saturated rings. The molecule has 3 N–H and O–H groups in total. The Morgan fingerprint density at radius 3 is 2.71 bits per heavy atom. The number of amides is 1. The summed E-state index contributed by atoms with van der Waals surface area (Å²) in [7, 11) is 0. The predicted octanol–water partition coefficient (Wildman–Crippen LogP) is 2.96. The van der Waals surface area contributed by atoms with Crippen LogP contribution in [0.1, 0.15) is 15.9 Å². The van der Waals surface area contributed by atoms with Gasteiger partial charge in [0.05, 0.1) is 15.6 Å². The second kappa shape index (κ2) is 6.23. The molecule has 108 valence electrons. The lowest BCUT2D eigenvalue weighted by molar-refractivity contribution is -0.384. The van der Waals surface area contributed by atoms with Crippen molar-refractivity contribution in [2.24, 2.45) is 5.73 Å². The van der Waals surface area contributed by atoms with Crippen LogP contribution in [0.5, 0.6) is 0 Å². The van der Waals surface area contributed by atoms with Gasteiger partial charge in [-0.25, -0.2) is 0 Å². The zero-order valence-electron chi connectivity index (χ0n) is 10.9. The minimum atomic E-state index is -0.509. The molecule has 6 nitrogen and oxygen atoms in total. The molecule has 2 rings (SSSR count). The number of carbonyl (C=O) groups excluding carboxylic acids is 1. The largest absolute Gasteiger partial charge is 0.380 e. The van der Waals surface area contributed by atoms with E-state index in [1.54, 1.807) is 18.2 Å². The quantitative estimate of drug-likeness (QED) is 0.655. The highest BCUT2D eigenvalue weighted by Gasteiger charge is 2.09. The number of hydrogen-bond acceptors (Lipinski definition) is 4. The molecule has 0 bridgehead atoms. The molecule has 0 aliphatic carbocycles. The van der Waals surface area contributed by atoms with Crippen LogP contribution in [0.3, 0.4) is 0 Å². The Morgan fingerprint density at radius 2 is 2.05 bits per heavy atom. The highest BCUT2D eigenvalue weighted by molar-refractivity contribution is 6.33. The van der Waals surface area contributed by atoms with Crippen LogP contribution >= 0.6 is 11.6 Å². The molecule has 0 aliphatic heterocycles. The fraction of sp³-hybridized carbons (Fsp3) is 0.0714. The van der Waals surface area contributed by atoms with Gasteiger partial charge in [-0.15, -0.1) is 0 Å². The van der Waals surface area contributed by atoms with Crippen molar-refractivity contribution in [1.82, 2.24) is 0 Å². The van der Waals surface area contributed by atoms with Crippen molar-refractivity contribution in [1.29, 1.82) is 0 Å². The van der Waals surface area contributed by atoms with Crippen LogP contribution in [-0.2, 0) is 6.54 Å². The molecule has 0 atom stereocenters. The highest BCUT2D eigenvalue weighted by Crippen LogP contribution is 2.27. The average molecular weight is 306 g/mol. The van der Waals surface area contributed by atoms with Crippen molar-refractivity contribution in [3.63, 3.8) is 0 Å². The van der Waals surface area contributed by atoms with Crippen molar-refractivity contribution in [2.75, 3.05) is 5.32 Å². The number of hydrogen-bond donors (Lipinski definition) is 2. The van der Waals surface area contributed by atoms with Gasteiger partial charge in [-0.1, -0.05) is 23.7 Å². The number of primary amides is 1. The van der Waals surface area contributed by atoms with E-state index >= 15 is 0 Å². The first-order valence-corrected chi connectivity index (χ1v) is 6.42. The summed E-state index contributed by atoms with van der Waals surface area (Å²) >= 11 is 5.99. The van der Waals surface area contributed by atoms with E-state index in [1.165, 1.54) is 18.2 Å². The van der Waals surface area contributed by atoms with Gasteiger partial charge < -0.3 is 11.1 Å². The van der Waals surface area contributed by atoms with Crippen molar-refractivity contribution in [3.8, 4) is 0 Å². The number of nitrogens with zero attached hydrogens (tertiary/aromatic N) is 1. The van der Waals surface area contributed by atoms with Gasteiger partial charge in [0.2, 0.25) is 5.91 Å². The van der Waals surface area contributed by atoms with E-state index in [2.05, 4.69) is 5.32 Å². The first-order chi connectivity index (χ1) is 9.97. The molecule has 2 aromatic rings. The van der Waals surface area contributed by atoms with Crippen LogP contribution in [0.4, 0.5) is 11.4 Å². The zero-order valence-corrected chi connectivity index (χ0v) is 11.6. The van der Waals surface area contributed by atoms with Crippen LogP contribution in [0.25, 0.3) is 0 Å². The van der Waals surface area contributed by atoms with E-state index in [0.29, 0.717) is 22.8 Å². The molecular weight excluding hydrogens is 294 g/mol. The van der Waals surface area contributed by atoms with Gasteiger partial charge in [0.25, 0.3) is 5.69 Å². The Morgan fingerprint density at radius 1 is 1.29 bits per heavy atom. The maximum Gasteiger partial charge on any atom is 0.271 e. The standard InChI is InChI=1S/C14H12ClN3O3/c15-12-5-4-11(18(20)21)7-13(12)17-8-9-2-1-3-10(6-9)14(16)19/h1-7,17H,8H2,(H2,16,19). The highest BCUT2D eigenvalue weighted by atomic mass is 35.5. The Bertz CT molecular complexity index is 704. The molecule has 0 saturated heterocycles. The SMILES string of the molecule is NC(=O)c1cccc(CNc2cc([N+](=O)[O-])ccc2Cl)c1. The van der Waals surface area contributed by atoms with E-state index in [-0.39, 0.29) is 5.69 Å². The Balaban J connectivity index is 2.16. The summed E-state index contributed by atoms with van der Waals surface area (Å²) in [5.74, 6) is -0.509. The topological polar surface area (TPSA) is 98.3 Å². The molecule has 0 unspecified atom stereocenters. The van der Waals surface area contributed by atoms with Crippen LogP contribution in [0, 0.1) is 10.1 Å². The number of halogens is 1. The van der Waals surface area contributed by atoms with E-state index in [1.807, 2.05) is 6.07 Å². The Kier molecular flexibility index (Phi) is 4.39. The number of nitro groups is 1. The number of nitro benzene ring substituents is 1. The fourth-order valence-corrected chi connectivity index (χ4v) is 1.98. The maximum absolute atomic E-state index is 11.1. The normalized spacial score (nSPS) is 10.1. The van der Waals surface area contributed by atoms with Crippen LogP contribution in [0.2, 0.25) is 5.02 Å². The minimum absolute atomic E-state index is 0.0483. The van der Waals surface area contributed by atoms with Crippen molar-refractivity contribution >= 4 is 28.9 Å². The number of nitrogens with one attached hydrogen (secondary N) is 1. The lowest BCUT2D eigenvalue weighted by Crippen LogP contribution is -2.11.